The second-order valence-electron chi connectivity index (χ2n) is 5.23. The van der Waals surface area contributed by atoms with Gasteiger partial charge >= 0.3 is 6.03 Å². The number of amides is 2. The molecule has 2 N–H and O–H groups in total. The molecule has 2 rings (SSSR count). The first-order chi connectivity index (χ1) is 10.7. The van der Waals surface area contributed by atoms with Crippen molar-refractivity contribution in [1.29, 1.82) is 0 Å². The van der Waals surface area contributed by atoms with Crippen LogP contribution in [0.2, 0.25) is 0 Å². The largest absolute Gasteiger partial charge is 0.468 e. The highest BCUT2D eigenvalue weighted by atomic mass is 16.3. The maximum absolute atomic E-state index is 11.5. The molecule has 0 unspecified atom stereocenters. The fourth-order valence-corrected chi connectivity index (χ4v) is 2.30. The van der Waals surface area contributed by atoms with Crippen molar-refractivity contribution in [2.24, 2.45) is 0 Å². The molecule has 1 heterocycles. The second kappa shape index (κ2) is 8.24. The average Bonchev–Trinajstić information content (AvgIpc) is 2.99. The summed E-state index contributed by atoms with van der Waals surface area (Å²) >= 11 is 0. The van der Waals surface area contributed by atoms with E-state index in [-0.39, 0.29) is 6.03 Å². The second-order valence-corrected chi connectivity index (χ2v) is 5.23. The molecule has 0 saturated heterocycles. The van der Waals surface area contributed by atoms with E-state index in [1.165, 1.54) is 5.56 Å². The zero-order chi connectivity index (χ0) is 15.8. The molecular weight excluding hydrogens is 278 g/mol. The Bertz CT molecular complexity index is 581. The highest BCUT2D eigenvalue weighted by Crippen LogP contribution is 2.13. The zero-order valence-electron chi connectivity index (χ0n) is 13.1. The monoisotopic (exact) mass is 301 g/mol. The molecule has 0 aliphatic carbocycles. The van der Waals surface area contributed by atoms with Gasteiger partial charge in [0.15, 0.2) is 0 Å². The maximum atomic E-state index is 11.5. The summed E-state index contributed by atoms with van der Waals surface area (Å²) in [6.45, 7) is 4.60. The Hall–Kier alpha value is -2.27. The molecule has 0 bridgehead atoms. The number of benzene rings is 1. The maximum Gasteiger partial charge on any atom is 0.315 e. The molecule has 0 radical (unpaired) electrons. The van der Waals surface area contributed by atoms with Crippen molar-refractivity contribution < 1.29 is 9.21 Å². The number of rotatable bonds is 7. The Morgan fingerprint density at radius 3 is 2.55 bits per heavy atom. The Balaban J connectivity index is 1.94. The van der Waals surface area contributed by atoms with Gasteiger partial charge in [0.25, 0.3) is 0 Å². The summed E-state index contributed by atoms with van der Waals surface area (Å²) in [4.78, 5) is 13.7. The minimum Gasteiger partial charge on any atom is -0.468 e. The highest BCUT2D eigenvalue weighted by Gasteiger charge is 2.08. The molecule has 22 heavy (non-hydrogen) atoms. The predicted octanol–water partition coefficient (Wildman–Crippen LogP) is 2.73. The van der Waals surface area contributed by atoms with Crippen LogP contribution in [0.25, 0.3) is 0 Å². The SMILES string of the molecule is CCNC(=O)NCc1ccccc1CN(C)Cc1ccco1. The summed E-state index contributed by atoms with van der Waals surface area (Å²) in [6, 6.07) is 11.9. The van der Waals surface area contributed by atoms with E-state index in [9.17, 15) is 4.79 Å². The standard InChI is InChI=1S/C17H23N3O2/c1-3-18-17(21)19-11-14-7-4-5-8-15(14)12-20(2)13-16-9-6-10-22-16/h4-10H,3,11-13H2,1-2H3,(H2,18,19,21). The Morgan fingerprint density at radius 2 is 1.86 bits per heavy atom. The molecule has 0 aliphatic heterocycles. The number of nitrogens with zero attached hydrogens (tertiary/aromatic N) is 1. The van der Waals surface area contributed by atoms with Gasteiger partial charge in [0.05, 0.1) is 12.8 Å². The number of carbonyl (C=O) groups is 1. The fourth-order valence-electron chi connectivity index (χ4n) is 2.30. The molecule has 118 valence electrons. The van der Waals surface area contributed by atoms with Crippen molar-refractivity contribution in [2.45, 2.75) is 26.6 Å². The van der Waals surface area contributed by atoms with Crippen LogP contribution in [0.4, 0.5) is 4.79 Å². The Kier molecular flexibility index (Phi) is 6.03. The number of carbonyl (C=O) groups excluding carboxylic acids is 1. The number of furan rings is 1. The van der Waals surface area contributed by atoms with Gasteiger partial charge in [-0.15, -0.1) is 0 Å². The van der Waals surface area contributed by atoms with Gasteiger partial charge < -0.3 is 15.1 Å². The molecule has 0 spiro atoms. The summed E-state index contributed by atoms with van der Waals surface area (Å²) < 4.78 is 5.37. The van der Waals surface area contributed by atoms with Gasteiger partial charge in [-0.25, -0.2) is 4.79 Å². The Labute approximate surface area is 131 Å². The van der Waals surface area contributed by atoms with Crippen LogP contribution < -0.4 is 10.6 Å². The number of hydrogen-bond donors (Lipinski definition) is 2. The van der Waals surface area contributed by atoms with Gasteiger partial charge in [-0.1, -0.05) is 24.3 Å². The molecule has 0 saturated carbocycles. The van der Waals surface area contributed by atoms with Crippen LogP contribution >= 0.6 is 0 Å². The molecule has 0 fully saturated rings. The lowest BCUT2D eigenvalue weighted by Crippen LogP contribution is -2.35. The van der Waals surface area contributed by atoms with Gasteiger partial charge in [-0.2, -0.15) is 0 Å². The molecule has 2 amide bonds. The van der Waals surface area contributed by atoms with Crippen molar-refractivity contribution in [3.63, 3.8) is 0 Å². The Morgan fingerprint density at radius 1 is 1.09 bits per heavy atom. The third kappa shape index (κ3) is 4.93. The lowest BCUT2D eigenvalue weighted by molar-refractivity contribution is 0.241. The highest BCUT2D eigenvalue weighted by molar-refractivity contribution is 5.73. The molecule has 5 nitrogen and oxygen atoms in total. The molecule has 0 aliphatic rings. The van der Waals surface area contributed by atoms with Crippen LogP contribution in [-0.4, -0.2) is 24.5 Å². The smallest absolute Gasteiger partial charge is 0.315 e. The summed E-state index contributed by atoms with van der Waals surface area (Å²) in [6.07, 6.45) is 1.69. The van der Waals surface area contributed by atoms with Crippen LogP contribution in [0.15, 0.2) is 47.1 Å². The van der Waals surface area contributed by atoms with Crippen molar-refractivity contribution in [3.05, 3.63) is 59.5 Å². The fraction of sp³-hybridized carbons (Fsp3) is 0.353. The van der Waals surface area contributed by atoms with Gasteiger partial charge in [-0.3, -0.25) is 4.90 Å². The van der Waals surface area contributed by atoms with Crippen molar-refractivity contribution in [3.8, 4) is 0 Å². The van der Waals surface area contributed by atoms with E-state index in [2.05, 4.69) is 28.6 Å². The van der Waals surface area contributed by atoms with Gasteiger partial charge in [-0.05, 0) is 37.2 Å². The zero-order valence-corrected chi connectivity index (χ0v) is 13.1. The topological polar surface area (TPSA) is 57.5 Å². The van der Waals surface area contributed by atoms with Crippen LogP contribution in [0.3, 0.4) is 0 Å². The number of nitrogens with one attached hydrogen (secondary N) is 2. The van der Waals surface area contributed by atoms with E-state index in [1.54, 1.807) is 6.26 Å². The van der Waals surface area contributed by atoms with E-state index >= 15 is 0 Å². The third-order valence-corrected chi connectivity index (χ3v) is 3.34. The normalized spacial score (nSPS) is 10.7. The first-order valence-corrected chi connectivity index (χ1v) is 7.48. The lowest BCUT2D eigenvalue weighted by atomic mass is 10.1. The lowest BCUT2D eigenvalue weighted by Gasteiger charge is -2.18. The number of hydrogen-bond acceptors (Lipinski definition) is 3. The molecule has 5 heteroatoms. The van der Waals surface area contributed by atoms with E-state index < -0.39 is 0 Å². The molecular formula is C17H23N3O2. The van der Waals surface area contributed by atoms with Gasteiger partial charge in [0, 0.05) is 19.6 Å². The van der Waals surface area contributed by atoms with Crippen LogP contribution in [0.5, 0.6) is 0 Å². The van der Waals surface area contributed by atoms with Crippen LogP contribution in [-0.2, 0) is 19.6 Å². The molecule has 2 aromatic rings. The van der Waals surface area contributed by atoms with Crippen LogP contribution in [0, 0.1) is 0 Å². The average molecular weight is 301 g/mol. The van der Waals surface area contributed by atoms with Gasteiger partial charge in [0.1, 0.15) is 5.76 Å². The summed E-state index contributed by atoms with van der Waals surface area (Å²) in [5, 5.41) is 5.60. The summed E-state index contributed by atoms with van der Waals surface area (Å²) in [5.74, 6) is 0.945. The first-order valence-electron chi connectivity index (χ1n) is 7.48. The first kappa shape index (κ1) is 16.1. The predicted molar refractivity (Wildman–Crippen MR) is 86.2 cm³/mol. The van der Waals surface area contributed by atoms with E-state index in [0.29, 0.717) is 13.1 Å². The van der Waals surface area contributed by atoms with E-state index in [0.717, 1.165) is 24.4 Å². The summed E-state index contributed by atoms with van der Waals surface area (Å²) in [7, 11) is 2.05. The number of urea groups is 1. The van der Waals surface area contributed by atoms with E-state index in [1.807, 2.05) is 37.3 Å². The van der Waals surface area contributed by atoms with Crippen molar-refractivity contribution in [1.82, 2.24) is 15.5 Å². The minimum atomic E-state index is -0.138. The van der Waals surface area contributed by atoms with Crippen LogP contribution in [0.1, 0.15) is 23.8 Å². The molecule has 1 aromatic heterocycles. The molecule has 0 atom stereocenters. The molecule has 1 aromatic carbocycles. The minimum absolute atomic E-state index is 0.138. The summed E-state index contributed by atoms with van der Waals surface area (Å²) in [5.41, 5.74) is 2.33. The van der Waals surface area contributed by atoms with Gasteiger partial charge in [0.2, 0.25) is 0 Å². The van der Waals surface area contributed by atoms with Crippen molar-refractivity contribution >= 4 is 6.03 Å². The van der Waals surface area contributed by atoms with Crippen molar-refractivity contribution in [2.75, 3.05) is 13.6 Å². The van der Waals surface area contributed by atoms with E-state index in [4.69, 9.17) is 4.42 Å². The third-order valence-electron chi connectivity index (χ3n) is 3.34. The quantitative estimate of drug-likeness (QED) is 0.827.